The highest BCUT2D eigenvalue weighted by atomic mass is 16.5. The van der Waals surface area contributed by atoms with E-state index in [2.05, 4.69) is 40.3 Å². The first kappa shape index (κ1) is 18.0. The fourth-order valence-corrected chi connectivity index (χ4v) is 7.36. The lowest BCUT2D eigenvalue weighted by atomic mass is 9.53. The van der Waals surface area contributed by atoms with Crippen molar-refractivity contribution in [2.45, 2.75) is 63.5 Å². The van der Waals surface area contributed by atoms with Crippen LogP contribution in [0.15, 0.2) is 30.5 Å². The quantitative estimate of drug-likeness (QED) is 0.815. The van der Waals surface area contributed by atoms with E-state index in [4.69, 9.17) is 4.74 Å². The third kappa shape index (κ3) is 3.20. The van der Waals surface area contributed by atoms with Gasteiger partial charge in [-0.2, -0.15) is 0 Å². The molecule has 1 amide bonds. The number of amides is 1. The number of fused-ring (bicyclic) bond motifs is 1. The van der Waals surface area contributed by atoms with Gasteiger partial charge in [-0.3, -0.25) is 4.79 Å². The zero-order valence-corrected chi connectivity index (χ0v) is 17.2. The van der Waals surface area contributed by atoms with Crippen molar-refractivity contribution >= 4 is 16.8 Å². The SMILES string of the molecule is O=C(NC12CC3CC(CC(C3)C1)C2)c1cn(CC2CCOCC2)c2ccccc12. The lowest BCUT2D eigenvalue weighted by molar-refractivity contribution is -0.0166. The first-order valence-corrected chi connectivity index (χ1v) is 11.7. The minimum Gasteiger partial charge on any atom is -0.381 e. The van der Waals surface area contributed by atoms with Gasteiger partial charge in [0.2, 0.25) is 0 Å². The van der Waals surface area contributed by atoms with Gasteiger partial charge in [-0.1, -0.05) is 18.2 Å². The third-order valence-corrected chi connectivity index (χ3v) is 8.25. The number of carbonyl (C=O) groups is 1. The maximum Gasteiger partial charge on any atom is 0.253 e. The van der Waals surface area contributed by atoms with Gasteiger partial charge >= 0.3 is 0 Å². The van der Waals surface area contributed by atoms with Crippen LogP contribution in [0, 0.1) is 23.7 Å². The predicted molar refractivity (Wildman–Crippen MR) is 114 cm³/mol. The highest BCUT2D eigenvalue weighted by Gasteiger charge is 2.51. The second kappa shape index (κ2) is 6.87. The van der Waals surface area contributed by atoms with E-state index in [0.717, 1.165) is 61.3 Å². The van der Waals surface area contributed by atoms with Gasteiger partial charge in [0.05, 0.1) is 5.56 Å². The van der Waals surface area contributed by atoms with Gasteiger partial charge in [0.25, 0.3) is 5.91 Å². The largest absolute Gasteiger partial charge is 0.381 e. The smallest absolute Gasteiger partial charge is 0.253 e. The van der Waals surface area contributed by atoms with Crippen LogP contribution < -0.4 is 5.32 Å². The molecule has 2 heterocycles. The molecular weight excluding hydrogens is 360 g/mol. The molecule has 4 heteroatoms. The number of carbonyl (C=O) groups excluding carboxylic acids is 1. The van der Waals surface area contributed by atoms with Crippen LogP contribution in [-0.4, -0.2) is 29.2 Å². The Kier molecular flexibility index (Phi) is 4.26. The van der Waals surface area contributed by atoms with Crippen LogP contribution in [-0.2, 0) is 11.3 Å². The molecule has 0 atom stereocenters. The minimum absolute atomic E-state index is 0.0652. The summed E-state index contributed by atoms with van der Waals surface area (Å²) in [7, 11) is 0. The molecule has 1 N–H and O–H groups in total. The Morgan fingerprint density at radius 3 is 2.38 bits per heavy atom. The molecule has 2 aromatic rings. The summed E-state index contributed by atoms with van der Waals surface area (Å²) in [6.45, 7) is 2.71. The highest BCUT2D eigenvalue weighted by molar-refractivity contribution is 6.07. The van der Waals surface area contributed by atoms with Crippen LogP contribution in [0.2, 0.25) is 0 Å². The minimum atomic E-state index is 0.0652. The number of hydrogen-bond donors (Lipinski definition) is 1. The zero-order valence-electron chi connectivity index (χ0n) is 17.2. The van der Waals surface area contributed by atoms with Crippen LogP contribution in [0.25, 0.3) is 10.9 Å². The van der Waals surface area contributed by atoms with E-state index in [9.17, 15) is 4.79 Å². The maximum atomic E-state index is 13.5. The molecule has 0 spiro atoms. The second-order valence-corrected chi connectivity index (χ2v) is 10.4. The number of benzene rings is 1. The molecule has 5 fully saturated rings. The Bertz CT molecular complexity index is 889. The van der Waals surface area contributed by atoms with E-state index in [1.54, 1.807) is 0 Å². The Balaban J connectivity index is 1.28. The molecule has 0 radical (unpaired) electrons. The van der Waals surface area contributed by atoms with Crippen molar-refractivity contribution < 1.29 is 9.53 Å². The number of rotatable bonds is 4. The molecule has 154 valence electrons. The molecule has 1 saturated heterocycles. The van der Waals surface area contributed by atoms with Crippen molar-refractivity contribution in [1.29, 1.82) is 0 Å². The lowest BCUT2D eigenvalue weighted by Gasteiger charge is -2.56. The zero-order chi connectivity index (χ0) is 19.4. The first-order valence-electron chi connectivity index (χ1n) is 11.7. The molecule has 4 nitrogen and oxygen atoms in total. The Labute approximate surface area is 173 Å². The van der Waals surface area contributed by atoms with E-state index < -0.39 is 0 Å². The summed E-state index contributed by atoms with van der Waals surface area (Å²) in [6.07, 6.45) is 12.2. The van der Waals surface area contributed by atoms with Crippen LogP contribution in [0.5, 0.6) is 0 Å². The number of nitrogens with zero attached hydrogens (tertiary/aromatic N) is 1. The normalized spacial score (nSPS) is 34.0. The predicted octanol–water partition coefficient (Wildman–Crippen LogP) is 4.77. The number of para-hydroxylation sites is 1. The number of nitrogens with one attached hydrogen (secondary N) is 1. The Hall–Kier alpha value is -1.81. The molecule has 5 aliphatic rings. The Morgan fingerprint density at radius 2 is 1.69 bits per heavy atom. The van der Waals surface area contributed by atoms with Crippen molar-refractivity contribution in [2.24, 2.45) is 23.7 Å². The van der Waals surface area contributed by atoms with Gasteiger partial charge < -0.3 is 14.6 Å². The summed E-state index contributed by atoms with van der Waals surface area (Å²) in [6, 6.07) is 8.42. The fourth-order valence-electron chi connectivity index (χ4n) is 7.36. The number of hydrogen-bond acceptors (Lipinski definition) is 2. The van der Waals surface area contributed by atoms with Crippen LogP contribution >= 0.6 is 0 Å². The van der Waals surface area contributed by atoms with Gasteiger partial charge in [0, 0.05) is 42.4 Å². The summed E-state index contributed by atoms with van der Waals surface area (Å²) in [5.74, 6) is 3.32. The van der Waals surface area contributed by atoms with Crippen LogP contribution in [0.1, 0.15) is 61.7 Å². The molecular formula is C25H32N2O2. The maximum absolute atomic E-state index is 13.5. The van der Waals surface area contributed by atoms with E-state index in [1.165, 1.54) is 44.0 Å². The lowest BCUT2D eigenvalue weighted by Crippen LogP contribution is -2.59. The van der Waals surface area contributed by atoms with Crippen molar-refractivity contribution in [1.82, 2.24) is 9.88 Å². The number of aromatic nitrogens is 1. The molecule has 4 aliphatic carbocycles. The summed E-state index contributed by atoms with van der Waals surface area (Å²) in [4.78, 5) is 13.5. The molecule has 1 aliphatic heterocycles. The average molecular weight is 393 g/mol. The van der Waals surface area contributed by atoms with Gasteiger partial charge in [-0.15, -0.1) is 0 Å². The topological polar surface area (TPSA) is 43.3 Å². The standard InChI is InChI=1S/C25H32N2O2/c28-24(26-25-12-18-9-19(13-25)11-20(10-18)14-25)22-16-27(15-17-5-7-29-8-6-17)23-4-2-1-3-21(22)23/h1-4,16-20H,5-15H2,(H,26,28). The van der Waals surface area contributed by atoms with Crippen molar-refractivity contribution in [3.63, 3.8) is 0 Å². The molecule has 4 saturated carbocycles. The van der Waals surface area contributed by atoms with E-state index in [1.807, 2.05) is 0 Å². The summed E-state index contributed by atoms with van der Waals surface area (Å²) in [5.41, 5.74) is 2.12. The van der Waals surface area contributed by atoms with Gasteiger partial charge in [-0.25, -0.2) is 0 Å². The summed E-state index contributed by atoms with van der Waals surface area (Å²) < 4.78 is 7.85. The first-order chi connectivity index (χ1) is 14.2. The number of ether oxygens (including phenoxy) is 1. The molecule has 29 heavy (non-hydrogen) atoms. The van der Waals surface area contributed by atoms with Gasteiger partial charge in [-0.05, 0) is 81.1 Å². The molecule has 1 aromatic carbocycles. The van der Waals surface area contributed by atoms with Crippen molar-refractivity contribution in [3.8, 4) is 0 Å². The highest BCUT2D eigenvalue weighted by Crippen LogP contribution is 2.55. The van der Waals surface area contributed by atoms with E-state index >= 15 is 0 Å². The van der Waals surface area contributed by atoms with Crippen LogP contribution in [0.3, 0.4) is 0 Å². The molecule has 4 bridgehead atoms. The summed E-state index contributed by atoms with van der Waals surface area (Å²) in [5, 5.41) is 4.68. The monoisotopic (exact) mass is 392 g/mol. The van der Waals surface area contributed by atoms with E-state index in [0.29, 0.717) is 5.92 Å². The molecule has 7 rings (SSSR count). The fraction of sp³-hybridized carbons (Fsp3) is 0.640. The van der Waals surface area contributed by atoms with Crippen molar-refractivity contribution in [2.75, 3.05) is 13.2 Å². The Morgan fingerprint density at radius 1 is 1.03 bits per heavy atom. The third-order valence-electron chi connectivity index (χ3n) is 8.25. The van der Waals surface area contributed by atoms with Crippen molar-refractivity contribution in [3.05, 3.63) is 36.0 Å². The van der Waals surface area contributed by atoms with Crippen LogP contribution in [0.4, 0.5) is 0 Å². The van der Waals surface area contributed by atoms with E-state index in [-0.39, 0.29) is 11.4 Å². The summed E-state index contributed by atoms with van der Waals surface area (Å²) >= 11 is 0. The molecule has 1 aromatic heterocycles. The average Bonchev–Trinajstić information content (AvgIpc) is 3.06. The van der Waals surface area contributed by atoms with Gasteiger partial charge in [0.1, 0.15) is 0 Å². The second-order valence-electron chi connectivity index (χ2n) is 10.4. The van der Waals surface area contributed by atoms with Gasteiger partial charge in [0.15, 0.2) is 0 Å². The molecule has 0 unspecified atom stereocenters.